The van der Waals surface area contributed by atoms with Crippen LogP contribution >= 0.6 is 0 Å². The third-order valence-corrected chi connectivity index (χ3v) is 4.44. The van der Waals surface area contributed by atoms with Crippen LogP contribution in [0.25, 0.3) is 0 Å². The molecule has 1 aromatic carbocycles. The Kier molecular flexibility index (Phi) is 6.98. The summed E-state index contributed by atoms with van der Waals surface area (Å²) in [5, 5.41) is 3.33. The molecule has 0 saturated heterocycles. The summed E-state index contributed by atoms with van der Waals surface area (Å²) in [5.41, 5.74) is 6.40. The van der Waals surface area contributed by atoms with Crippen molar-refractivity contribution >= 4 is 15.7 Å². The first-order valence-electron chi connectivity index (χ1n) is 7.06. The van der Waals surface area contributed by atoms with E-state index in [4.69, 9.17) is 5.73 Å². The molecule has 0 fully saturated rings. The molecule has 1 unspecified atom stereocenters. The van der Waals surface area contributed by atoms with E-state index in [-0.39, 0.29) is 0 Å². The second-order valence-corrected chi connectivity index (χ2v) is 6.67. The molecule has 0 aliphatic heterocycles. The van der Waals surface area contributed by atoms with E-state index < -0.39 is 10.0 Å². The molecule has 0 aromatic heterocycles. The van der Waals surface area contributed by atoms with Crippen LogP contribution in [0.15, 0.2) is 29.2 Å². The Labute approximate surface area is 122 Å². The molecule has 114 valence electrons. The van der Waals surface area contributed by atoms with Crippen molar-refractivity contribution in [1.29, 1.82) is 0 Å². The van der Waals surface area contributed by atoms with Crippen LogP contribution in [-0.4, -0.2) is 27.5 Å². The van der Waals surface area contributed by atoms with Gasteiger partial charge in [-0.05, 0) is 57.0 Å². The summed E-state index contributed by atoms with van der Waals surface area (Å²) in [6.45, 7) is 5.16. The first kappa shape index (κ1) is 16.9. The molecule has 1 atom stereocenters. The number of nitrogens with one attached hydrogen (secondary N) is 2. The highest BCUT2D eigenvalue weighted by atomic mass is 32.2. The maximum Gasteiger partial charge on any atom is 0.240 e. The van der Waals surface area contributed by atoms with Crippen molar-refractivity contribution in [1.82, 2.24) is 4.72 Å². The molecule has 5 nitrogen and oxygen atoms in total. The topological polar surface area (TPSA) is 84.2 Å². The van der Waals surface area contributed by atoms with E-state index in [0.717, 1.165) is 24.9 Å². The Morgan fingerprint density at radius 2 is 1.90 bits per heavy atom. The van der Waals surface area contributed by atoms with Crippen molar-refractivity contribution in [2.45, 2.75) is 44.0 Å². The van der Waals surface area contributed by atoms with Crippen LogP contribution < -0.4 is 15.8 Å². The van der Waals surface area contributed by atoms with E-state index in [9.17, 15) is 8.42 Å². The second-order valence-electron chi connectivity index (χ2n) is 4.90. The van der Waals surface area contributed by atoms with Crippen LogP contribution in [0.5, 0.6) is 0 Å². The van der Waals surface area contributed by atoms with E-state index in [0.29, 0.717) is 24.0 Å². The Morgan fingerprint density at radius 1 is 1.25 bits per heavy atom. The number of sulfonamides is 1. The van der Waals surface area contributed by atoms with Gasteiger partial charge in [-0.2, -0.15) is 0 Å². The summed E-state index contributed by atoms with van der Waals surface area (Å²) in [6, 6.07) is 7.14. The molecule has 0 amide bonds. The first-order valence-corrected chi connectivity index (χ1v) is 8.54. The zero-order valence-electron chi connectivity index (χ0n) is 12.2. The van der Waals surface area contributed by atoms with Crippen LogP contribution in [0, 0.1) is 0 Å². The number of rotatable bonds is 9. The number of benzene rings is 1. The molecular weight excluding hydrogens is 274 g/mol. The monoisotopic (exact) mass is 299 g/mol. The molecule has 0 aliphatic rings. The van der Waals surface area contributed by atoms with Gasteiger partial charge in [0.2, 0.25) is 10.0 Å². The lowest BCUT2D eigenvalue weighted by Crippen LogP contribution is -2.24. The highest BCUT2D eigenvalue weighted by Crippen LogP contribution is 2.15. The number of hydrogen-bond donors (Lipinski definition) is 3. The molecular formula is C14H25N3O2S. The zero-order chi connectivity index (χ0) is 15.0. The van der Waals surface area contributed by atoms with Crippen LogP contribution in [0.2, 0.25) is 0 Å². The average Bonchev–Trinajstić information content (AvgIpc) is 2.43. The van der Waals surface area contributed by atoms with Gasteiger partial charge in [-0.3, -0.25) is 0 Å². The van der Waals surface area contributed by atoms with Crippen molar-refractivity contribution < 1.29 is 8.42 Å². The van der Waals surface area contributed by atoms with E-state index in [1.165, 1.54) is 0 Å². The Morgan fingerprint density at radius 3 is 2.45 bits per heavy atom. The van der Waals surface area contributed by atoms with Gasteiger partial charge >= 0.3 is 0 Å². The lowest BCUT2D eigenvalue weighted by atomic mass is 10.1. The molecule has 1 rings (SSSR count). The molecule has 0 bridgehead atoms. The third kappa shape index (κ3) is 5.48. The highest BCUT2D eigenvalue weighted by molar-refractivity contribution is 7.89. The number of anilines is 1. The fraction of sp³-hybridized carbons (Fsp3) is 0.571. The van der Waals surface area contributed by atoms with Crippen LogP contribution in [0.3, 0.4) is 0 Å². The second kappa shape index (κ2) is 8.24. The largest absolute Gasteiger partial charge is 0.383 e. The van der Waals surface area contributed by atoms with Crippen LogP contribution in [-0.2, 0) is 10.0 Å². The smallest absolute Gasteiger partial charge is 0.240 e. The molecule has 6 heteroatoms. The minimum atomic E-state index is -3.38. The molecule has 0 saturated carbocycles. The summed E-state index contributed by atoms with van der Waals surface area (Å²) in [7, 11) is -3.38. The van der Waals surface area contributed by atoms with Crippen LogP contribution in [0.4, 0.5) is 5.69 Å². The van der Waals surface area contributed by atoms with Gasteiger partial charge in [0.05, 0.1) is 4.90 Å². The summed E-state index contributed by atoms with van der Waals surface area (Å²) < 4.78 is 26.4. The lowest BCUT2D eigenvalue weighted by molar-refractivity contribution is 0.581. The van der Waals surface area contributed by atoms with Gasteiger partial charge in [0, 0.05) is 18.3 Å². The van der Waals surface area contributed by atoms with Crippen molar-refractivity contribution in [3.63, 3.8) is 0 Å². The third-order valence-electron chi connectivity index (χ3n) is 2.96. The van der Waals surface area contributed by atoms with Gasteiger partial charge in [-0.15, -0.1) is 0 Å². The van der Waals surface area contributed by atoms with E-state index >= 15 is 0 Å². The molecule has 0 radical (unpaired) electrons. The summed E-state index contributed by atoms with van der Waals surface area (Å²) >= 11 is 0. The van der Waals surface area contributed by atoms with Crippen molar-refractivity contribution in [2.75, 3.05) is 18.4 Å². The maximum absolute atomic E-state index is 11.9. The van der Waals surface area contributed by atoms with Crippen molar-refractivity contribution in [3.8, 4) is 0 Å². The van der Waals surface area contributed by atoms with Gasteiger partial charge < -0.3 is 11.1 Å². The Hall–Kier alpha value is -1.11. The maximum atomic E-state index is 11.9. The van der Waals surface area contributed by atoms with E-state index in [2.05, 4.69) is 17.0 Å². The normalized spacial score (nSPS) is 13.2. The predicted molar refractivity (Wildman–Crippen MR) is 83.3 cm³/mol. The average molecular weight is 299 g/mol. The standard InChI is InChI=1S/C14H25N3O2S/c1-3-11-16-20(18,19)14-8-6-13(7-9-14)17-12(2)5-4-10-15/h6-9,12,16-17H,3-5,10-11,15H2,1-2H3. The van der Waals surface area contributed by atoms with Crippen molar-refractivity contribution in [3.05, 3.63) is 24.3 Å². The quantitative estimate of drug-likeness (QED) is 0.650. The first-order chi connectivity index (χ1) is 9.49. The van der Waals surface area contributed by atoms with E-state index in [1.807, 2.05) is 6.92 Å². The number of nitrogens with two attached hydrogens (primary N) is 1. The lowest BCUT2D eigenvalue weighted by Gasteiger charge is -2.15. The van der Waals surface area contributed by atoms with Crippen molar-refractivity contribution in [2.24, 2.45) is 5.73 Å². The molecule has 0 spiro atoms. The molecule has 4 N–H and O–H groups in total. The summed E-state index contributed by atoms with van der Waals surface area (Å²) in [5.74, 6) is 0. The molecule has 0 aliphatic carbocycles. The zero-order valence-corrected chi connectivity index (χ0v) is 13.0. The molecule has 1 aromatic rings. The Balaban J connectivity index is 2.64. The highest BCUT2D eigenvalue weighted by Gasteiger charge is 2.12. The predicted octanol–water partition coefficient (Wildman–Crippen LogP) is 1.91. The van der Waals surface area contributed by atoms with Gasteiger partial charge in [0.1, 0.15) is 0 Å². The molecule has 20 heavy (non-hydrogen) atoms. The fourth-order valence-electron chi connectivity index (χ4n) is 1.83. The van der Waals surface area contributed by atoms with Gasteiger partial charge in [-0.1, -0.05) is 6.92 Å². The van der Waals surface area contributed by atoms with Crippen LogP contribution in [0.1, 0.15) is 33.1 Å². The fourth-order valence-corrected chi connectivity index (χ4v) is 2.96. The summed E-state index contributed by atoms with van der Waals surface area (Å²) in [6.07, 6.45) is 2.74. The minimum Gasteiger partial charge on any atom is -0.383 e. The van der Waals surface area contributed by atoms with Gasteiger partial charge in [0.15, 0.2) is 0 Å². The van der Waals surface area contributed by atoms with E-state index in [1.54, 1.807) is 24.3 Å². The molecule has 0 heterocycles. The summed E-state index contributed by atoms with van der Waals surface area (Å²) in [4.78, 5) is 0.297. The van der Waals surface area contributed by atoms with Gasteiger partial charge in [-0.25, -0.2) is 13.1 Å². The number of hydrogen-bond acceptors (Lipinski definition) is 4. The SMILES string of the molecule is CCCNS(=O)(=O)c1ccc(NC(C)CCCN)cc1. The minimum absolute atomic E-state index is 0.297. The van der Waals surface area contributed by atoms with Gasteiger partial charge in [0.25, 0.3) is 0 Å². The Bertz CT molecular complexity index is 486.